The van der Waals surface area contributed by atoms with Gasteiger partial charge in [0.05, 0.1) is 0 Å². The van der Waals surface area contributed by atoms with E-state index >= 15 is 0 Å². The van der Waals surface area contributed by atoms with Gasteiger partial charge in [0.2, 0.25) is 0 Å². The van der Waals surface area contributed by atoms with Crippen LogP contribution in [0.1, 0.15) is 32.2 Å². The van der Waals surface area contributed by atoms with Crippen molar-refractivity contribution in [3.63, 3.8) is 0 Å². The van der Waals surface area contributed by atoms with Crippen LogP contribution in [-0.2, 0) is 5.41 Å². The molecule has 0 saturated heterocycles. The first-order valence-electron chi connectivity index (χ1n) is 6.34. The van der Waals surface area contributed by atoms with Crippen molar-refractivity contribution in [2.24, 2.45) is 0 Å². The lowest BCUT2D eigenvalue weighted by Crippen LogP contribution is -2.17. The van der Waals surface area contributed by atoms with Gasteiger partial charge in [-0.05, 0) is 25.1 Å². The van der Waals surface area contributed by atoms with Gasteiger partial charge in [-0.3, -0.25) is 0 Å². The van der Waals surface area contributed by atoms with Crippen LogP contribution in [-0.4, -0.2) is 9.97 Å². The highest BCUT2D eigenvalue weighted by atomic mass is 35.5. The second kappa shape index (κ2) is 5.58. The summed E-state index contributed by atoms with van der Waals surface area (Å²) in [4.78, 5) is 8.93. The van der Waals surface area contributed by atoms with Crippen LogP contribution in [0.4, 0.5) is 11.5 Å². The highest BCUT2D eigenvalue weighted by molar-refractivity contribution is 6.31. The molecule has 1 aromatic heterocycles. The summed E-state index contributed by atoms with van der Waals surface area (Å²) in [5.74, 6) is 1.41. The predicted octanol–water partition coefficient (Wildman–Crippen LogP) is 5.13. The number of aromatic nitrogens is 2. The Morgan fingerprint density at radius 2 is 1.80 bits per heavy atom. The Hall–Kier alpha value is -1.32. The van der Waals surface area contributed by atoms with Crippen LogP contribution in [0.15, 0.2) is 24.3 Å². The van der Waals surface area contributed by atoms with Gasteiger partial charge in [0.25, 0.3) is 0 Å². The van der Waals surface area contributed by atoms with Crippen LogP contribution in [0.5, 0.6) is 0 Å². The summed E-state index contributed by atoms with van der Waals surface area (Å²) in [6.07, 6.45) is 0. The molecule has 1 aromatic carbocycles. The molecule has 1 N–H and O–H groups in total. The van der Waals surface area contributed by atoms with Gasteiger partial charge in [-0.25, -0.2) is 9.97 Å². The van der Waals surface area contributed by atoms with Gasteiger partial charge in [0.15, 0.2) is 0 Å². The lowest BCUT2D eigenvalue weighted by Gasteiger charge is -2.19. The normalized spacial score (nSPS) is 11.5. The number of rotatable bonds is 2. The molecule has 0 aliphatic carbocycles. The van der Waals surface area contributed by atoms with E-state index < -0.39 is 0 Å². The zero-order valence-corrected chi connectivity index (χ0v) is 13.5. The number of hydrogen-bond donors (Lipinski definition) is 1. The van der Waals surface area contributed by atoms with E-state index in [0.29, 0.717) is 21.8 Å². The quantitative estimate of drug-likeness (QED) is 0.781. The molecule has 5 heteroatoms. The maximum Gasteiger partial charge on any atom is 0.138 e. The summed E-state index contributed by atoms with van der Waals surface area (Å²) in [7, 11) is 0. The highest BCUT2D eigenvalue weighted by Crippen LogP contribution is 2.28. The Morgan fingerprint density at radius 3 is 2.40 bits per heavy atom. The van der Waals surface area contributed by atoms with Crippen LogP contribution in [0.3, 0.4) is 0 Å². The number of anilines is 2. The van der Waals surface area contributed by atoms with Crippen molar-refractivity contribution in [3.05, 3.63) is 45.8 Å². The average Bonchev–Trinajstić information content (AvgIpc) is 2.33. The molecule has 1 heterocycles. The van der Waals surface area contributed by atoms with Crippen LogP contribution in [0, 0.1) is 6.92 Å². The van der Waals surface area contributed by atoms with Crippen LogP contribution >= 0.6 is 23.2 Å². The minimum absolute atomic E-state index is 0.165. The Balaban J connectivity index is 2.43. The summed E-state index contributed by atoms with van der Waals surface area (Å²) in [6, 6.07) is 7.48. The number of nitrogens with zero attached hydrogens (tertiary/aromatic N) is 2. The van der Waals surface area contributed by atoms with Gasteiger partial charge in [0, 0.05) is 21.7 Å². The first kappa shape index (κ1) is 15.1. The molecule has 0 fully saturated rings. The van der Waals surface area contributed by atoms with Gasteiger partial charge in [-0.1, -0.05) is 50.0 Å². The van der Waals surface area contributed by atoms with E-state index in [9.17, 15) is 0 Å². The van der Waals surface area contributed by atoms with Crippen molar-refractivity contribution < 1.29 is 0 Å². The molecular formula is C15H17Cl2N3. The van der Waals surface area contributed by atoms with Crippen molar-refractivity contribution in [2.75, 3.05) is 5.32 Å². The molecule has 0 unspecified atom stereocenters. The SMILES string of the molecule is Cc1c(Cl)nc(C(C)(C)C)nc1Nc1cccc(Cl)c1. The average molecular weight is 310 g/mol. The topological polar surface area (TPSA) is 37.8 Å². The lowest BCUT2D eigenvalue weighted by atomic mass is 9.95. The molecule has 106 valence electrons. The van der Waals surface area contributed by atoms with Gasteiger partial charge >= 0.3 is 0 Å². The largest absolute Gasteiger partial charge is 0.340 e. The standard InChI is InChI=1S/C15H17Cl2N3/c1-9-12(17)19-14(15(2,3)4)20-13(9)18-11-7-5-6-10(16)8-11/h5-8H,1-4H3,(H,18,19,20). The van der Waals surface area contributed by atoms with Gasteiger partial charge < -0.3 is 5.32 Å². The molecule has 2 aromatic rings. The molecular weight excluding hydrogens is 293 g/mol. The van der Waals surface area contributed by atoms with Crippen LogP contribution < -0.4 is 5.32 Å². The molecule has 2 rings (SSSR count). The number of nitrogens with one attached hydrogen (secondary N) is 1. The highest BCUT2D eigenvalue weighted by Gasteiger charge is 2.20. The summed E-state index contributed by atoms with van der Waals surface area (Å²) in [5, 5.41) is 4.38. The van der Waals surface area contributed by atoms with Crippen molar-refractivity contribution in [1.29, 1.82) is 0 Å². The molecule has 0 radical (unpaired) electrons. The first-order chi connectivity index (χ1) is 9.27. The minimum Gasteiger partial charge on any atom is -0.340 e. The van der Waals surface area contributed by atoms with E-state index in [1.54, 1.807) is 0 Å². The molecule has 0 aliphatic rings. The first-order valence-corrected chi connectivity index (χ1v) is 7.10. The van der Waals surface area contributed by atoms with E-state index in [0.717, 1.165) is 11.3 Å². The van der Waals surface area contributed by atoms with Gasteiger partial charge in [0.1, 0.15) is 16.8 Å². The fourth-order valence-electron chi connectivity index (χ4n) is 1.65. The number of benzene rings is 1. The molecule has 0 spiro atoms. The van der Waals surface area contributed by atoms with Crippen molar-refractivity contribution in [1.82, 2.24) is 9.97 Å². The van der Waals surface area contributed by atoms with Gasteiger partial charge in [-0.15, -0.1) is 0 Å². The number of hydrogen-bond acceptors (Lipinski definition) is 3. The van der Waals surface area contributed by atoms with E-state index in [-0.39, 0.29) is 5.41 Å². The third-order valence-corrected chi connectivity index (χ3v) is 3.45. The maximum absolute atomic E-state index is 6.21. The van der Waals surface area contributed by atoms with E-state index in [1.165, 1.54) is 0 Å². The summed E-state index contributed by atoms with van der Waals surface area (Å²) >= 11 is 12.2. The molecule has 0 saturated carbocycles. The van der Waals surface area contributed by atoms with E-state index in [1.807, 2.05) is 31.2 Å². The van der Waals surface area contributed by atoms with Crippen molar-refractivity contribution in [3.8, 4) is 0 Å². The van der Waals surface area contributed by atoms with Crippen molar-refractivity contribution in [2.45, 2.75) is 33.1 Å². The summed E-state index contributed by atoms with van der Waals surface area (Å²) < 4.78 is 0. The second-order valence-electron chi connectivity index (χ2n) is 5.70. The van der Waals surface area contributed by atoms with Crippen molar-refractivity contribution >= 4 is 34.7 Å². The predicted molar refractivity (Wildman–Crippen MR) is 85.2 cm³/mol. The van der Waals surface area contributed by atoms with E-state index in [4.69, 9.17) is 23.2 Å². The molecule has 20 heavy (non-hydrogen) atoms. The number of halogens is 2. The third-order valence-electron chi connectivity index (χ3n) is 2.84. The zero-order chi connectivity index (χ0) is 14.9. The minimum atomic E-state index is -0.165. The Kier molecular flexibility index (Phi) is 4.21. The van der Waals surface area contributed by atoms with Crippen LogP contribution in [0.25, 0.3) is 0 Å². The fourth-order valence-corrected chi connectivity index (χ4v) is 2.01. The third kappa shape index (κ3) is 3.41. The second-order valence-corrected chi connectivity index (χ2v) is 6.49. The molecule has 0 aliphatic heterocycles. The Morgan fingerprint density at radius 1 is 1.10 bits per heavy atom. The smallest absolute Gasteiger partial charge is 0.138 e. The monoisotopic (exact) mass is 309 g/mol. The molecule has 0 bridgehead atoms. The summed E-state index contributed by atoms with van der Waals surface area (Å²) in [6.45, 7) is 8.05. The van der Waals surface area contributed by atoms with E-state index in [2.05, 4.69) is 36.1 Å². The van der Waals surface area contributed by atoms with Crippen LogP contribution in [0.2, 0.25) is 10.2 Å². The molecule has 0 atom stereocenters. The lowest BCUT2D eigenvalue weighted by molar-refractivity contribution is 0.545. The Bertz CT molecular complexity index is 634. The summed E-state index contributed by atoms with van der Waals surface area (Å²) in [5.41, 5.74) is 1.53. The Labute approximate surface area is 129 Å². The molecule has 0 amide bonds. The van der Waals surface area contributed by atoms with Gasteiger partial charge in [-0.2, -0.15) is 0 Å². The molecule has 3 nitrogen and oxygen atoms in total. The fraction of sp³-hybridized carbons (Fsp3) is 0.333. The maximum atomic E-state index is 6.21. The zero-order valence-electron chi connectivity index (χ0n) is 12.0.